The van der Waals surface area contributed by atoms with Crippen molar-refractivity contribution in [2.75, 3.05) is 24.5 Å². The van der Waals surface area contributed by atoms with Gasteiger partial charge in [-0.3, -0.25) is 4.98 Å². The van der Waals surface area contributed by atoms with E-state index in [2.05, 4.69) is 48.1 Å². The molecule has 0 saturated carbocycles. The molecule has 0 saturated heterocycles. The summed E-state index contributed by atoms with van der Waals surface area (Å²) in [6, 6.07) is 4.39. The van der Waals surface area contributed by atoms with E-state index in [-0.39, 0.29) is 6.04 Å². The number of hydrogen-bond donors (Lipinski definition) is 2. The molecule has 1 unspecified atom stereocenters. The number of anilines is 1. The summed E-state index contributed by atoms with van der Waals surface area (Å²) < 4.78 is 0. The van der Waals surface area contributed by atoms with Gasteiger partial charge in [0.15, 0.2) is 0 Å². The second-order valence-corrected chi connectivity index (χ2v) is 5.55. The van der Waals surface area contributed by atoms with Crippen LogP contribution in [0.1, 0.15) is 46.4 Å². The minimum Gasteiger partial charge on any atom is -0.389 e. The highest BCUT2D eigenvalue weighted by Gasteiger charge is 2.18. The molecule has 0 aromatic carbocycles. The van der Waals surface area contributed by atoms with Gasteiger partial charge in [-0.25, -0.2) is 0 Å². The van der Waals surface area contributed by atoms with E-state index in [0.717, 1.165) is 24.5 Å². The van der Waals surface area contributed by atoms with Crippen LogP contribution in [0.3, 0.4) is 0 Å². The number of rotatable bonds is 7. The van der Waals surface area contributed by atoms with Crippen LogP contribution >= 0.6 is 0 Å². The molecule has 108 valence electrons. The van der Waals surface area contributed by atoms with Crippen molar-refractivity contribution in [1.29, 1.82) is 0 Å². The summed E-state index contributed by atoms with van der Waals surface area (Å²) in [6.45, 7) is 12.3. The molecule has 0 aliphatic carbocycles. The van der Waals surface area contributed by atoms with Gasteiger partial charge in [-0.2, -0.15) is 0 Å². The summed E-state index contributed by atoms with van der Waals surface area (Å²) in [5.74, 6) is 0. The zero-order chi connectivity index (χ0) is 14.5. The fraction of sp³-hybridized carbons (Fsp3) is 0.667. The molecule has 1 rings (SSSR count). The van der Waals surface area contributed by atoms with Gasteiger partial charge in [0.2, 0.25) is 0 Å². The van der Waals surface area contributed by atoms with E-state index in [1.807, 2.05) is 20.0 Å². The molecular weight excluding hydrogens is 238 g/mol. The van der Waals surface area contributed by atoms with E-state index >= 15 is 0 Å². The summed E-state index contributed by atoms with van der Waals surface area (Å²) in [5, 5.41) is 13.3. The third-order valence-electron chi connectivity index (χ3n) is 3.05. The molecule has 1 aromatic rings. The molecule has 0 aliphatic heterocycles. The van der Waals surface area contributed by atoms with Crippen LogP contribution in [0.4, 0.5) is 5.69 Å². The van der Waals surface area contributed by atoms with Crippen LogP contribution in [0.5, 0.6) is 0 Å². The number of aromatic nitrogens is 1. The van der Waals surface area contributed by atoms with Crippen LogP contribution in [0.2, 0.25) is 0 Å². The summed E-state index contributed by atoms with van der Waals surface area (Å²) in [6.07, 6.45) is 1.89. The molecule has 0 fully saturated rings. The summed E-state index contributed by atoms with van der Waals surface area (Å²) in [7, 11) is 0. The van der Waals surface area contributed by atoms with Crippen molar-refractivity contribution in [3.8, 4) is 0 Å². The fourth-order valence-electron chi connectivity index (χ4n) is 2.10. The van der Waals surface area contributed by atoms with Gasteiger partial charge >= 0.3 is 0 Å². The summed E-state index contributed by atoms with van der Waals surface area (Å²) in [5.41, 5.74) is 1.40. The lowest BCUT2D eigenvalue weighted by Crippen LogP contribution is -2.38. The van der Waals surface area contributed by atoms with Gasteiger partial charge in [0.05, 0.1) is 23.2 Å². The standard InChI is InChI=1S/C15H27N3O/c1-6-16-12(3)14-9-8-13(10-17-14)18(7-2)11-15(4,5)19/h8-10,12,16,19H,6-7,11H2,1-5H3. The quantitative estimate of drug-likeness (QED) is 0.794. The van der Waals surface area contributed by atoms with Crippen molar-refractivity contribution < 1.29 is 5.11 Å². The normalized spacial score (nSPS) is 13.4. The number of nitrogens with one attached hydrogen (secondary N) is 1. The van der Waals surface area contributed by atoms with Crippen molar-refractivity contribution >= 4 is 5.69 Å². The Labute approximate surface area is 116 Å². The van der Waals surface area contributed by atoms with Crippen LogP contribution in [-0.2, 0) is 0 Å². The third kappa shape index (κ3) is 5.17. The van der Waals surface area contributed by atoms with Crippen LogP contribution in [0, 0.1) is 0 Å². The summed E-state index contributed by atoms with van der Waals surface area (Å²) >= 11 is 0. The second kappa shape index (κ2) is 6.87. The fourth-order valence-corrected chi connectivity index (χ4v) is 2.10. The van der Waals surface area contributed by atoms with Gasteiger partial charge < -0.3 is 15.3 Å². The van der Waals surface area contributed by atoms with Crippen LogP contribution in [0.25, 0.3) is 0 Å². The van der Waals surface area contributed by atoms with Gasteiger partial charge in [0.1, 0.15) is 0 Å². The van der Waals surface area contributed by atoms with Gasteiger partial charge in [0, 0.05) is 19.1 Å². The highest BCUT2D eigenvalue weighted by molar-refractivity contribution is 5.45. The van der Waals surface area contributed by atoms with E-state index in [0.29, 0.717) is 6.54 Å². The number of aliphatic hydroxyl groups is 1. The molecule has 2 N–H and O–H groups in total. The molecule has 1 heterocycles. The monoisotopic (exact) mass is 265 g/mol. The Balaban J connectivity index is 2.78. The topological polar surface area (TPSA) is 48.4 Å². The molecule has 0 bridgehead atoms. The van der Waals surface area contributed by atoms with E-state index < -0.39 is 5.60 Å². The third-order valence-corrected chi connectivity index (χ3v) is 3.05. The van der Waals surface area contributed by atoms with E-state index in [1.54, 1.807) is 0 Å². The minimum absolute atomic E-state index is 0.267. The molecule has 0 radical (unpaired) electrons. The first-order valence-electron chi connectivity index (χ1n) is 7.04. The van der Waals surface area contributed by atoms with Crippen LogP contribution in [-0.4, -0.2) is 35.3 Å². The average molecular weight is 265 g/mol. The first kappa shape index (κ1) is 15.9. The highest BCUT2D eigenvalue weighted by atomic mass is 16.3. The van der Waals surface area contributed by atoms with Gasteiger partial charge in [-0.05, 0) is 46.4 Å². The van der Waals surface area contributed by atoms with E-state index in [1.165, 1.54) is 0 Å². The minimum atomic E-state index is -0.703. The van der Waals surface area contributed by atoms with Crippen LogP contribution in [0.15, 0.2) is 18.3 Å². The molecule has 0 amide bonds. The van der Waals surface area contributed by atoms with Crippen molar-refractivity contribution in [3.63, 3.8) is 0 Å². The molecule has 1 aromatic heterocycles. The predicted octanol–water partition coefficient (Wildman–Crippen LogP) is 2.35. The zero-order valence-electron chi connectivity index (χ0n) is 12.8. The lowest BCUT2D eigenvalue weighted by molar-refractivity contribution is 0.0876. The number of likely N-dealkylation sites (N-methyl/N-ethyl adjacent to an activating group) is 1. The number of pyridine rings is 1. The first-order valence-corrected chi connectivity index (χ1v) is 7.04. The molecule has 0 spiro atoms. The Morgan fingerprint density at radius 2 is 2.05 bits per heavy atom. The average Bonchev–Trinajstić information content (AvgIpc) is 2.35. The van der Waals surface area contributed by atoms with E-state index in [9.17, 15) is 5.11 Å². The van der Waals surface area contributed by atoms with Gasteiger partial charge in [-0.15, -0.1) is 0 Å². The molecular formula is C15H27N3O. The summed E-state index contributed by atoms with van der Waals surface area (Å²) in [4.78, 5) is 6.64. The number of hydrogen-bond acceptors (Lipinski definition) is 4. The Hall–Kier alpha value is -1.13. The maximum atomic E-state index is 9.92. The van der Waals surface area contributed by atoms with Crippen molar-refractivity contribution in [2.45, 2.75) is 46.3 Å². The lowest BCUT2D eigenvalue weighted by Gasteiger charge is -2.29. The molecule has 19 heavy (non-hydrogen) atoms. The maximum Gasteiger partial charge on any atom is 0.0765 e. The predicted molar refractivity (Wildman–Crippen MR) is 80.5 cm³/mol. The smallest absolute Gasteiger partial charge is 0.0765 e. The zero-order valence-corrected chi connectivity index (χ0v) is 12.8. The highest BCUT2D eigenvalue weighted by Crippen LogP contribution is 2.18. The molecule has 4 nitrogen and oxygen atoms in total. The van der Waals surface area contributed by atoms with Gasteiger partial charge in [0.25, 0.3) is 0 Å². The molecule has 1 atom stereocenters. The SMILES string of the molecule is CCNC(C)c1ccc(N(CC)CC(C)(C)O)cn1. The Bertz CT molecular complexity index is 370. The van der Waals surface area contributed by atoms with Crippen molar-refractivity contribution in [2.24, 2.45) is 0 Å². The Kier molecular flexibility index (Phi) is 5.76. The molecule has 4 heteroatoms. The van der Waals surface area contributed by atoms with Crippen molar-refractivity contribution in [1.82, 2.24) is 10.3 Å². The van der Waals surface area contributed by atoms with E-state index in [4.69, 9.17) is 0 Å². The first-order chi connectivity index (χ1) is 8.87. The lowest BCUT2D eigenvalue weighted by atomic mass is 10.1. The van der Waals surface area contributed by atoms with Crippen LogP contribution < -0.4 is 10.2 Å². The Morgan fingerprint density at radius 3 is 2.47 bits per heavy atom. The number of nitrogens with zero attached hydrogens (tertiary/aromatic N) is 2. The van der Waals surface area contributed by atoms with Crippen molar-refractivity contribution in [3.05, 3.63) is 24.0 Å². The second-order valence-electron chi connectivity index (χ2n) is 5.55. The maximum absolute atomic E-state index is 9.92. The van der Waals surface area contributed by atoms with Gasteiger partial charge in [-0.1, -0.05) is 6.92 Å². The largest absolute Gasteiger partial charge is 0.389 e. The molecule has 0 aliphatic rings. The Morgan fingerprint density at radius 1 is 1.37 bits per heavy atom.